The summed E-state index contributed by atoms with van der Waals surface area (Å²) in [7, 11) is 3.94. The van der Waals surface area contributed by atoms with Crippen LogP contribution in [0.5, 0.6) is 5.75 Å². The zero-order valence-corrected chi connectivity index (χ0v) is 18.2. The van der Waals surface area contributed by atoms with Gasteiger partial charge in [0.05, 0.1) is 0 Å². The summed E-state index contributed by atoms with van der Waals surface area (Å²) in [4.78, 5) is 18.9. The molecule has 0 spiro atoms. The van der Waals surface area contributed by atoms with Crippen LogP contribution in [0, 0.1) is 0 Å². The third-order valence-electron chi connectivity index (χ3n) is 5.36. The molecule has 1 amide bonds. The van der Waals surface area contributed by atoms with Crippen molar-refractivity contribution >= 4 is 22.5 Å². The molecule has 6 heteroatoms. The van der Waals surface area contributed by atoms with Gasteiger partial charge >= 0.3 is 0 Å². The molecule has 162 valence electrons. The minimum Gasteiger partial charge on any atom is -0.508 e. The SMILES string of the molecule is CN(C)CCNC(=O)c1cccc(-c2cnc(N)c(-c3ccc4cc(O)ccc4c3)c2)c1. The first-order valence-corrected chi connectivity index (χ1v) is 10.4. The van der Waals surface area contributed by atoms with E-state index in [1.165, 1.54) is 0 Å². The summed E-state index contributed by atoms with van der Waals surface area (Å²) in [5.74, 6) is 0.568. The van der Waals surface area contributed by atoms with Crippen molar-refractivity contribution in [3.05, 3.63) is 78.5 Å². The highest BCUT2D eigenvalue weighted by molar-refractivity contribution is 5.96. The van der Waals surface area contributed by atoms with Crippen LogP contribution in [0.3, 0.4) is 0 Å². The Labute approximate surface area is 187 Å². The molecule has 0 saturated heterocycles. The zero-order valence-electron chi connectivity index (χ0n) is 18.2. The van der Waals surface area contributed by atoms with Gasteiger partial charge in [0.15, 0.2) is 0 Å². The van der Waals surface area contributed by atoms with Gasteiger partial charge in [-0.05, 0) is 72.4 Å². The average molecular weight is 427 g/mol. The molecule has 0 atom stereocenters. The Balaban J connectivity index is 1.64. The van der Waals surface area contributed by atoms with Crippen molar-refractivity contribution in [2.24, 2.45) is 0 Å². The van der Waals surface area contributed by atoms with E-state index < -0.39 is 0 Å². The molecule has 3 aromatic carbocycles. The minimum absolute atomic E-state index is 0.102. The minimum atomic E-state index is -0.102. The lowest BCUT2D eigenvalue weighted by atomic mass is 9.98. The molecule has 0 aliphatic rings. The monoisotopic (exact) mass is 426 g/mol. The van der Waals surface area contributed by atoms with Gasteiger partial charge < -0.3 is 21.1 Å². The van der Waals surface area contributed by atoms with Gasteiger partial charge in [0.25, 0.3) is 5.91 Å². The van der Waals surface area contributed by atoms with Crippen LogP contribution < -0.4 is 11.1 Å². The number of nitrogens with zero attached hydrogens (tertiary/aromatic N) is 2. The molecule has 6 nitrogen and oxygen atoms in total. The Hall–Kier alpha value is -3.90. The largest absolute Gasteiger partial charge is 0.508 e. The van der Waals surface area contributed by atoms with E-state index in [2.05, 4.69) is 10.3 Å². The first kappa shape index (κ1) is 21.3. The number of nitrogens with two attached hydrogens (primary N) is 1. The van der Waals surface area contributed by atoms with E-state index in [9.17, 15) is 9.90 Å². The highest BCUT2D eigenvalue weighted by Gasteiger charge is 2.11. The van der Waals surface area contributed by atoms with Gasteiger partial charge in [0.2, 0.25) is 0 Å². The molecular formula is C26H26N4O2. The molecule has 0 radical (unpaired) electrons. The summed E-state index contributed by atoms with van der Waals surface area (Å²) >= 11 is 0. The number of hydrogen-bond acceptors (Lipinski definition) is 5. The van der Waals surface area contributed by atoms with Crippen molar-refractivity contribution in [2.45, 2.75) is 0 Å². The Kier molecular flexibility index (Phi) is 6.05. The summed E-state index contributed by atoms with van der Waals surface area (Å²) in [5, 5.41) is 14.6. The number of anilines is 1. The molecule has 32 heavy (non-hydrogen) atoms. The number of likely N-dealkylation sites (N-methyl/N-ethyl adjacent to an activating group) is 1. The van der Waals surface area contributed by atoms with E-state index in [1.54, 1.807) is 24.4 Å². The lowest BCUT2D eigenvalue weighted by Gasteiger charge is -2.12. The lowest BCUT2D eigenvalue weighted by molar-refractivity contribution is 0.0951. The number of amides is 1. The fourth-order valence-electron chi connectivity index (χ4n) is 3.60. The first-order chi connectivity index (χ1) is 15.4. The molecule has 4 aromatic rings. The molecule has 1 aromatic heterocycles. The number of carbonyl (C=O) groups excluding carboxylic acids is 1. The maximum atomic E-state index is 12.5. The lowest BCUT2D eigenvalue weighted by Crippen LogP contribution is -2.31. The topological polar surface area (TPSA) is 91.5 Å². The van der Waals surface area contributed by atoms with Crippen LogP contribution in [-0.4, -0.2) is 48.1 Å². The maximum Gasteiger partial charge on any atom is 0.251 e. The van der Waals surface area contributed by atoms with Gasteiger partial charge in [-0.2, -0.15) is 0 Å². The third kappa shape index (κ3) is 4.71. The van der Waals surface area contributed by atoms with Crippen LogP contribution in [0.25, 0.3) is 33.0 Å². The van der Waals surface area contributed by atoms with Crippen LogP contribution in [0.1, 0.15) is 10.4 Å². The van der Waals surface area contributed by atoms with E-state index in [-0.39, 0.29) is 11.7 Å². The summed E-state index contributed by atoms with van der Waals surface area (Å²) in [5.41, 5.74) is 10.3. The van der Waals surface area contributed by atoms with Crippen LogP contribution in [-0.2, 0) is 0 Å². The zero-order chi connectivity index (χ0) is 22.7. The van der Waals surface area contributed by atoms with E-state index in [0.29, 0.717) is 17.9 Å². The van der Waals surface area contributed by atoms with Crippen LogP contribution >= 0.6 is 0 Å². The number of benzene rings is 3. The number of fused-ring (bicyclic) bond motifs is 1. The number of carbonyl (C=O) groups is 1. The highest BCUT2D eigenvalue weighted by Crippen LogP contribution is 2.32. The second-order valence-corrected chi connectivity index (χ2v) is 8.04. The van der Waals surface area contributed by atoms with Crippen molar-refractivity contribution in [2.75, 3.05) is 32.9 Å². The number of rotatable bonds is 6. The Morgan fingerprint density at radius 1 is 0.969 bits per heavy atom. The summed E-state index contributed by atoms with van der Waals surface area (Å²) in [6, 6.07) is 20.7. The number of aromatic nitrogens is 1. The van der Waals surface area contributed by atoms with Gasteiger partial charge in [-0.15, -0.1) is 0 Å². The van der Waals surface area contributed by atoms with E-state index in [4.69, 9.17) is 5.73 Å². The Morgan fingerprint density at radius 3 is 2.56 bits per heavy atom. The summed E-state index contributed by atoms with van der Waals surface area (Å²) in [6.07, 6.45) is 1.72. The second-order valence-electron chi connectivity index (χ2n) is 8.04. The maximum absolute atomic E-state index is 12.5. The van der Waals surface area contributed by atoms with Crippen molar-refractivity contribution in [3.8, 4) is 28.0 Å². The van der Waals surface area contributed by atoms with E-state index >= 15 is 0 Å². The number of pyridine rings is 1. The Bertz CT molecular complexity index is 1280. The normalized spacial score (nSPS) is 11.1. The van der Waals surface area contributed by atoms with E-state index in [1.807, 2.05) is 67.5 Å². The first-order valence-electron chi connectivity index (χ1n) is 10.4. The third-order valence-corrected chi connectivity index (χ3v) is 5.36. The number of phenolic OH excluding ortho intramolecular Hbond substituents is 1. The van der Waals surface area contributed by atoms with Gasteiger partial charge in [-0.3, -0.25) is 4.79 Å². The van der Waals surface area contributed by atoms with Crippen molar-refractivity contribution in [3.63, 3.8) is 0 Å². The number of nitrogens with one attached hydrogen (secondary N) is 1. The van der Waals surface area contributed by atoms with Gasteiger partial charge in [0, 0.05) is 36.0 Å². The molecule has 0 aliphatic heterocycles. The van der Waals surface area contributed by atoms with Crippen molar-refractivity contribution < 1.29 is 9.90 Å². The van der Waals surface area contributed by atoms with Crippen LogP contribution in [0.15, 0.2) is 72.9 Å². The van der Waals surface area contributed by atoms with Crippen LogP contribution in [0.4, 0.5) is 5.82 Å². The van der Waals surface area contributed by atoms with Crippen molar-refractivity contribution in [1.29, 1.82) is 0 Å². The number of nitrogen functional groups attached to an aromatic ring is 1. The predicted molar refractivity (Wildman–Crippen MR) is 130 cm³/mol. The van der Waals surface area contributed by atoms with Gasteiger partial charge in [-0.25, -0.2) is 4.98 Å². The number of hydrogen-bond donors (Lipinski definition) is 3. The summed E-state index contributed by atoms with van der Waals surface area (Å²) < 4.78 is 0. The highest BCUT2D eigenvalue weighted by atomic mass is 16.3. The van der Waals surface area contributed by atoms with E-state index in [0.717, 1.165) is 39.6 Å². The van der Waals surface area contributed by atoms with Gasteiger partial charge in [0.1, 0.15) is 11.6 Å². The fourth-order valence-corrected chi connectivity index (χ4v) is 3.60. The molecule has 0 bridgehead atoms. The number of phenols is 1. The molecule has 0 fully saturated rings. The Morgan fingerprint density at radius 2 is 1.75 bits per heavy atom. The quantitative estimate of drug-likeness (QED) is 0.431. The smallest absolute Gasteiger partial charge is 0.251 e. The molecule has 0 saturated carbocycles. The molecular weight excluding hydrogens is 400 g/mol. The summed E-state index contributed by atoms with van der Waals surface area (Å²) in [6.45, 7) is 1.37. The van der Waals surface area contributed by atoms with Crippen molar-refractivity contribution in [1.82, 2.24) is 15.2 Å². The molecule has 4 rings (SSSR count). The molecule has 4 N–H and O–H groups in total. The molecule has 0 unspecified atom stereocenters. The second kappa shape index (κ2) is 9.08. The predicted octanol–water partition coefficient (Wildman–Crippen LogP) is 4.15. The molecule has 1 heterocycles. The average Bonchev–Trinajstić information content (AvgIpc) is 2.79. The van der Waals surface area contributed by atoms with Gasteiger partial charge in [-0.1, -0.05) is 30.3 Å². The van der Waals surface area contributed by atoms with Crippen LogP contribution in [0.2, 0.25) is 0 Å². The molecule has 0 aliphatic carbocycles. The standard InChI is InChI=1S/C26H26N4O2/c1-30(2)11-10-28-26(32)21-5-3-4-17(13-21)22-15-24(25(27)29-16-22)20-7-6-19-14-23(31)9-8-18(19)12-20/h3-9,12-16,31H,10-11H2,1-2H3,(H2,27,29)(H,28,32). The number of aromatic hydroxyl groups is 1. The fraction of sp³-hybridized carbons (Fsp3) is 0.154.